The Bertz CT molecular complexity index is 602. The Labute approximate surface area is 124 Å². The monoisotopic (exact) mass is 290 g/mol. The van der Waals surface area contributed by atoms with E-state index in [1.807, 2.05) is 30.0 Å². The molecule has 0 atom stereocenters. The Morgan fingerprint density at radius 1 is 1.30 bits per heavy atom. The van der Waals surface area contributed by atoms with E-state index in [-0.39, 0.29) is 5.78 Å². The number of carbonyl (C=O) groups excluding carboxylic acids is 1. The number of benzene rings is 1. The second-order valence-corrected chi connectivity index (χ2v) is 7.29. The Kier molecular flexibility index (Phi) is 4.86. The van der Waals surface area contributed by atoms with E-state index in [4.69, 9.17) is 0 Å². The van der Waals surface area contributed by atoms with Crippen molar-refractivity contribution < 1.29 is 4.79 Å². The van der Waals surface area contributed by atoms with Gasteiger partial charge in [0.2, 0.25) is 0 Å². The second kappa shape index (κ2) is 6.44. The zero-order valence-corrected chi connectivity index (χ0v) is 13.4. The normalized spacial score (nSPS) is 11.7. The van der Waals surface area contributed by atoms with Crippen LogP contribution in [0.2, 0.25) is 0 Å². The number of fused-ring (bicyclic) bond motifs is 1. The number of H-pyrrole nitrogens is 1. The molecule has 0 saturated carbocycles. The molecule has 0 unspecified atom stereocenters. The molecule has 0 aliphatic heterocycles. The molecule has 20 heavy (non-hydrogen) atoms. The van der Waals surface area contributed by atoms with Crippen molar-refractivity contribution in [1.29, 1.82) is 0 Å². The summed E-state index contributed by atoms with van der Waals surface area (Å²) in [7, 11) is 0. The molecule has 0 radical (unpaired) electrons. The summed E-state index contributed by atoms with van der Waals surface area (Å²) in [5.41, 5.74) is 2.67. The van der Waals surface area contributed by atoms with E-state index < -0.39 is 0 Å². The largest absolute Gasteiger partial charge is 0.342 e. The lowest BCUT2D eigenvalue weighted by Gasteiger charge is -2.04. The van der Waals surface area contributed by atoms with Gasteiger partial charge in [0.25, 0.3) is 0 Å². The number of carbonyl (C=O) groups is 1. The highest BCUT2D eigenvalue weighted by Gasteiger charge is 2.10. The Morgan fingerprint density at radius 3 is 2.70 bits per heavy atom. The maximum absolute atomic E-state index is 12.2. The van der Waals surface area contributed by atoms with Crippen molar-refractivity contribution in [1.82, 2.24) is 9.97 Å². The minimum atomic E-state index is 0.209. The minimum absolute atomic E-state index is 0.209. The number of thioether (sulfide) groups is 1. The average Bonchev–Trinajstić information content (AvgIpc) is 2.81. The minimum Gasteiger partial charge on any atom is -0.342 e. The highest BCUT2D eigenvalue weighted by atomic mass is 32.2. The van der Waals surface area contributed by atoms with Gasteiger partial charge in [0.05, 0.1) is 11.0 Å². The zero-order chi connectivity index (χ0) is 14.7. The molecule has 1 heterocycles. The van der Waals surface area contributed by atoms with Gasteiger partial charge in [0.15, 0.2) is 5.78 Å². The molecule has 108 valence electrons. The van der Waals surface area contributed by atoms with Crippen LogP contribution in [-0.4, -0.2) is 26.8 Å². The smallest absolute Gasteiger partial charge is 0.163 e. The number of Topliss-reactive ketones (excluding diaryl/α,β-unsaturated/α-hetero) is 1. The van der Waals surface area contributed by atoms with Gasteiger partial charge in [-0.3, -0.25) is 4.79 Å². The van der Waals surface area contributed by atoms with E-state index in [2.05, 4.69) is 37.7 Å². The molecule has 1 aromatic carbocycles. The lowest BCUT2D eigenvalue weighted by Crippen LogP contribution is -2.02. The van der Waals surface area contributed by atoms with Gasteiger partial charge in [-0.2, -0.15) is 11.8 Å². The van der Waals surface area contributed by atoms with Crippen molar-refractivity contribution in [2.75, 3.05) is 5.75 Å². The highest BCUT2D eigenvalue weighted by Crippen LogP contribution is 2.20. The van der Waals surface area contributed by atoms with Gasteiger partial charge in [-0.05, 0) is 23.4 Å². The van der Waals surface area contributed by atoms with Crippen LogP contribution >= 0.6 is 11.8 Å². The van der Waals surface area contributed by atoms with E-state index in [9.17, 15) is 4.79 Å². The summed E-state index contributed by atoms with van der Waals surface area (Å²) in [6, 6.07) is 5.74. The van der Waals surface area contributed by atoms with Crippen LogP contribution in [0.4, 0.5) is 0 Å². The molecule has 0 fully saturated rings. The third-order valence-electron chi connectivity index (χ3n) is 3.15. The number of aromatic amines is 1. The summed E-state index contributed by atoms with van der Waals surface area (Å²) in [6.07, 6.45) is 0.597. The summed E-state index contributed by atoms with van der Waals surface area (Å²) >= 11 is 1.82. The first-order chi connectivity index (χ1) is 9.47. The first-order valence-corrected chi connectivity index (χ1v) is 8.16. The van der Waals surface area contributed by atoms with Crippen LogP contribution in [0.25, 0.3) is 11.0 Å². The molecule has 0 aliphatic rings. The quantitative estimate of drug-likeness (QED) is 0.802. The van der Waals surface area contributed by atoms with Crippen molar-refractivity contribution in [3.8, 4) is 0 Å². The van der Waals surface area contributed by atoms with Crippen molar-refractivity contribution in [2.24, 2.45) is 0 Å². The summed E-state index contributed by atoms with van der Waals surface area (Å²) in [5, 5.41) is 0.575. The SMILES string of the molecule is CC(C)SCCC(=O)c1ccc2nc(C(C)C)[nH]c2c1. The van der Waals surface area contributed by atoms with Crippen LogP contribution in [0.1, 0.15) is 56.2 Å². The molecule has 0 aliphatic carbocycles. The van der Waals surface area contributed by atoms with Crippen LogP contribution in [0.15, 0.2) is 18.2 Å². The van der Waals surface area contributed by atoms with Gasteiger partial charge in [-0.25, -0.2) is 4.98 Å². The van der Waals surface area contributed by atoms with E-state index >= 15 is 0 Å². The van der Waals surface area contributed by atoms with E-state index in [1.54, 1.807) is 0 Å². The predicted octanol–water partition coefficient (Wildman–Crippen LogP) is 4.40. The molecule has 0 amide bonds. The van der Waals surface area contributed by atoms with Crippen LogP contribution in [0.3, 0.4) is 0 Å². The van der Waals surface area contributed by atoms with Crippen LogP contribution in [-0.2, 0) is 0 Å². The topological polar surface area (TPSA) is 45.8 Å². The zero-order valence-electron chi connectivity index (χ0n) is 12.6. The Morgan fingerprint density at radius 2 is 2.05 bits per heavy atom. The van der Waals surface area contributed by atoms with E-state index in [0.29, 0.717) is 17.6 Å². The Balaban J connectivity index is 2.12. The van der Waals surface area contributed by atoms with E-state index in [1.165, 1.54) is 0 Å². The maximum atomic E-state index is 12.2. The second-order valence-electron chi connectivity index (χ2n) is 5.60. The van der Waals surface area contributed by atoms with Gasteiger partial charge in [-0.15, -0.1) is 0 Å². The lowest BCUT2D eigenvalue weighted by molar-refractivity contribution is 0.0989. The number of ketones is 1. The molecule has 0 saturated heterocycles. The summed E-state index contributed by atoms with van der Waals surface area (Å²) in [6.45, 7) is 8.51. The molecular formula is C16H22N2OS. The van der Waals surface area contributed by atoms with Crippen molar-refractivity contribution in [3.63, 3.8) is 0 Å². The number of hydrogen-bond donors (Lipinski definition) is 1. The third-order valence-corrected chi connectivity index (χ3v) is 4.26. The van der Waals surface area contributed by atoms with Crippen molar-refractivity contribution >= 4 is 28.6 Å². The summed E-state index contributed by atoms with van der Waals surface area (Å²) < 4.78 is 0. The van der Waals surface area contributed by atoms with Gasteiger partial charge in [0, 0.05) is 23.7 Å². The first-order valence-electron chi connectivity index (χ1n) is 7.12. The van der Waals surface area contributed by atoms with Gasteiger partial charge < -0.3 is 4.98 Å². The van der Waals surface area contributed by atoms with Gasteiger partial charge in [0.1, 0.15) is 5.82 Å². The molecule has 2 aromatic rings. The standard InChI is InChI=1S/C16H22N2OS/c1-10(2)16-17-13-6-5-12(9-14(13)18-16)15(19)7-8-20-11(3)4/h5-6,9-11H,7-8H2,1-4H3,(H,17,18). The predicted molar refractivity (Wildman–Crippen MR) is 86.7 cm³/mol. The fourth-order valence-corrected chi connectivity index (χ4v) is 2.78. The molecule has 1 N–H and O–H groups in total. The molecular weight excluding hydrogens is 268 g/mol. The number of rotatable bonds is 6. The third kappa shape index (κ3) is 3.63. The number of hydrogen-bond acceptors (Lipinski definition) is 3. The average molecular weight is 290 g/mol. The fourth-order valence-electron chi connectivity index (χ4n) is 2.01. The highest BCUT2D eigenvalue weighted by molar-refractivity contribution is 7.99. The van der Waals surface area contributed by atoms with Gasteiger partial charge in [-0.1, -0.05) is 27.7 Å². The molecule has 2 rings (SSSR count). The summed E-state index contributed by atoms with van der Waals surface area (Å²) in [5.74, 6) is 2.43. The first kappa shape index (κ1) is 15.1. The van der Waals surface area contributed by atoms with Crippen LogP contribution < -0.4 is 0 Å². The Hall–Kier alpha value is -1.29. The summed E-state index contributed by atoms with van der Waals surface area (Å²) in [4.78, 5) is 20.0. The molecule has 1 aromatic heterocycles. The fraction of sp³-hybridized carbons (Fsp3) is 0.500. The lowest BCUT2D eigenvalue weighted by atomic mass is 10.1. The number of aromatic nitrogens is 2. The number of nitrogens with one attached hydrogen (secondary N) is 1. The maximum Gasteiger partial charge on any atom is 0.163 e. The van der Waals surface area contributed by atoms with Crippen LogP contribution in [0.5, 0.6) is 0 Å². The van der Waals surface area contributed by atoms with E-state index in [0.717, 1.165) is 28.2 Å². The van der Waals surface area contributed by atoms with Crippen LogP contribution in [0, 0.1) is 0 Å². The number of nitrogens with zero attached hydrogens (tertiary/aromatic N) is 1. The van der Waals surface area contributed by atoms with Gasteiger partial charge >= 0.3 is 0 Å². The molecule has 0 spiro atoms. The van der Waals surface area contributed by atoms with Crippen molar-refractivity contribution in [3.05, 3.63) is 29.6 Å². The number of imidazole rings is 1. The van der Waals surface area contributed by atoms with Crippen molar-refractivity contribution in [2.45, 2.75) is 45.3 Å². The molecule has 0 bridgehead atoms. The molecule has 4 heteroatoms. The molecule has 3 nitrogen and oxygen atoms in total.